The lowest BCUT2D eigenvalue weighted by Gasteiger charge is -2.20. The SMILES string of the molecule is COc1c(N2CC[C@@H](OC)C2)cc(C(=O)Nc2nnc(-n3nccc3C)s2)oc1=O. The van der Waals surface area contributed by atoms with Gasteiger partial charge in [0.2, 0.25) is 16.0 Å². The first-order valence-corrected chi connectivity index (χ1v) is 9.97. The summed E-state index contributed by atoms with van der Waals surface area (Å²) in [6.45, 7) is 3.13. The Balaban J connectivity index is 1.58. The molecule has 0 unspecified atom stereocenters. The fraction of sp³-hybridized carbons (Fsp3) is 0.389. The highest BCUT2D eigenvalue weighted by atomic mass is 32.1. The first-order valence-electron chi connectivity index (χ1n) is 9.16. The van der Waals surface area contributed by atoms with E-state index in [1.807, 2.05) is 17.9 Å². The Bertz CT molecular complexity index is 1120. The Morgan fingerprint density at radius 2 is 2.20 bits per heavy atom. The molecule has 1 atom stereocenters. The minimum Gasteiger partial charge on any atom is -0.488 e. The Morgan fingerprint density at radius 3 is 2.87 bits per heavy atom. The molecule has 3 aromatic rings. The largest absolute Gasteiger partial charge is 0.488 e. The van der Waals surface area contributed by atoms with Gasteiger partial charge in [-0.15, -0.1) is 10.2 Å². The quantitative estimate of drug-likeness (QED) is 0.616. The number of nitrogens with one attached hydrogen (secondary N) is 1. The van der Waals surface area contributed by atoms with Crippen LogP contribution in [-0.2, 0) is 4.74 Å². The number of aryl methyl sites for hydroxylation is 1. The Hall–Kier alpha value is -3.25. The van der Waals surface area contributed by atoms with Gasteiger partial charge in [-0.25, -0.2) is 9.48 Å². The van der Waals surface area contributed by atoms with E-state index < -0.39 is 11.5 Å². The van der Waals surface area contributed by atoms with Crippen LogP contribution in [0.2, 0.25) is 0 Å². The van der Waals surface area contributed by atoms with Gasteiger partial charge in [-0.1, -0.05) is 11.3 Å². The molecule has 30 heavy (non-hydrogen) atoms. The molecule has 4 heterocycles. The van der Waals surface area contributed by atoms with E-state index in [9.17, 15) is 9.59 Å². The molecule has 1 amide bonds. The molecule has 0 aliphatic carbocycles. The monoisotopic (exact) mass is 432 g/mol. The summed E-state index contributed by atoms with van der Waals surface area (Å²) in [4.78, 5) is 27.0. The lowest BCUT2D eigenvalue weighted by atomic mass is 10.3. The average Bonchev–Trinajstić information content (AvgIpc) is 3.47. The van der Waals surface area contributed by atoms with E-state index in [2.05, 4.69) is 20.6 Å². The summed E-state index contributed by atoms with van der Waals surface area (Å²) in [5.74, 6) is -0.710. The number of rotatable bonds is 6. The van der Waals surface area contributed by atoms with Crippen LogP contribution in [0.25, 0.3) is 5.13 Å². The van der Waals surface area contributed by atoms with Crippen LogP contribution in [-0.4, -0.2) is 59.3 Å². The van der Waals surface area contributed by atoms with Crippen molar-refractivity contribution in [2.24, 2.45) is 0 Å². The van der Waals surface area contributed by atoms with Gasteiger partial charge in [-0.2, -0.15) is 5.10 Å². The van der Waals surface area contributed by atoms with Gasteiger partial charge >= 0.3 is 5.63 Å². The van der Waals surface area contributed by atoms with Crippen LogP contribution in [0.4, 0.5) is 10.8 Å². The highest BCUT2D eigenvalue weighted by Crippen LogP contribution is 2.30. The molecule has 1 aliphatic rings. The summed E-state index contributed by atoms with van der Waals surface area (Å²) in [6.07, 6.45) is 2.50. The first-order chi connectivity index (χ1) is 14.5. The van der Waals surface area contributed by atoms with Gasteiger partial charge in [0.15, 0.2) is 5.76 Å². The van der Waals surface area contributed by atoms with Crippen molar-refractivity contribution in [2.45, 2.75) is 19.4 Å². The van der Waals surface area contributed by atoms with Crippen molar-refractivity contribution in [3.8, 4) is 10.9 Å². The molecule has 0 bridgehead atoms. The van der Waals surface area contributed by atoms with E-state index in [-0.39, 0.29) is 22.7 Å². The highest BCUT2D eigenvalue weighted by Gasteiger charge is 2.28. The molecule has 1 N–H and O–H groups in total. The van der Waals surface area contributed by atoms with Crippen LogP contribution in [0.1, 0.15) is 22.7 Å². The molecule has 158 valence electrons. The van der Waals surface area contributed by atoms with Gasteiger partial charge in [0.05, 0.1) is 18.9 Å². The highest BCUT2D eigenvalue weighted by molar-refractivity contribution is 7.17. The summed E-state index contributed by atoms with van der Waals surface area (Å²) in [6, 6.07) is 3.33. The molecule has 0 aromatic carbocycles. The zero-order valence-corrected chi connectivity index (χ0v) is 17.4. The molecule has 0 radical (unpaired) electrons. The maximum Gasteiger partial charge on any atom is 0.381 e. The van der Waals surface area contributed by atoms with Crippen molar-refractivity contribution in [3.63, 3.8) is 0 Å². The molecular formula is C18H20N6O5S. The third kappa shape index (κ3) is 3.78. The molecule has 0 spiro atoms. The van der Waals surface area contributed by atoms with Crippen LogP contribution in [0, 0.1) is 6.92 Å². The topological polar surface area (TPSA) is 125 Å². The second-order valence-corrected chi connectivity index (χ2v) is 7.59. The van der Waals surface area contributed by atoms with Gasteiger partial charge in [-0.3, -0.25) is 10.1 Å². The number of hydrogen-bond donors (Lipinski definition) is 1. The number of carbonyl (C=O) groups is 1. The number of aromatic nitrogens is 4. The average molecular weight is 432 g/mol. The molecule has 4 rings (SSSR count). The summed E-state index contributed by atoms with van der Waals surface area (Å²) in [5.41, 5.74) is 0.643. The summed E-state index contributed by atoms with van der Waals surface area (Å²) in [7, 11) is 3.03. The predicted molar refractivity (Wildman–Crippen MR) is 109 cm³/mol. The number of anilines is 2. The lowest BCUT2D eigenvalue weighted by molar-refractivity contribution is 0.0991. The minimum absolute atomic E-state index is 0.0461. The normalized spacial score (nSPS) is 16.1. The second-order valence-electron chi connectivity index (χ2n) is 6.64. The van der Waals surface area contributed by atoms with Crippen molar-refractivity contribution in [1.82, 2.24) is 20.0 Å². The van der Waals surface area contributed by atoms with Crippen LogP contribution in [0.3, 0.4) is 0 Å². The smallest absolute Gasteiger partial charge is 0.381 e. The van der Waals surface area contributed by atoms with Crippen molar-refractivity contribution in [3.05, 3.63) is 40.2 Å². The van der Waals surface area contributed by atoms with Crippen molar-refractivity contribution < 1.29 is 18.7 Å². The van der Waals surface area contributed by atoms with Crippen molar-refractivity contribution in [2.75, 3.05) is 37.5 Å². The first kappa shape index (κ1) is 20.0. The van der Waals surface area contributed by atoms with Gasteiger partial charge in [-0.05, 0) is 19.4 Å². The van der Waals surface area contributed by atoms with E-state index in [0.29, 0.717) is 23.9 Å². The molecule has 3 aromatic heterocycles. The number of hydrogen-bond acceptors (Lipinski definition) is 10. The van der Waals surface area contributed by atoms with E-state index in [0.717, 1.165) is 23.5 Å². The third-order valence-electron chi connectivity index (χ3n) is 4.78. The second kappa shape index (κ2) is 8.24. The van der Waals surface area contributed by atoms with E-state index in [4.69, 9.17) is 13.9 Å². The number of carbonyl (C=O) groups excluding carboxylic acids is 1. The van der Waals surface area contributed by atoms with Crippen LogP contribution < -0.4 is 20.6 Å². The molecule has 1 aliphatic heterocycles. The van der Waals surface area contributed by atoms with E-state index in [1.54, 1.807) is 18.0 Å². The summed E-state index contributed by atoms with van der Waals surface area (Å²) < 4.78 is 17.4. The Kier molecular flexibility index (Phi) is 5.50. The van der Waals surface area contributed by atoms with Gasteiger partial charge < -0.3 is 18.8 Å². The fourth-order valence-corrected chi connectivity index (χ4v) is 3.98. The number of methoxy groups -OCH3 is 2. The van der Waals surface area contributed by atoms with E-state index >= 15 is 0 Å². The lowest BCUT2D eigenvalue weighted by Crippen LogP contribution is -2.25. The molecule has 12 heteroatoms. The van der Waals surface area contributed by atoms with Crippen LogP contribution in [0.15, 0.2) is 27.5 Å². The summed E-state index contributed by atoms with van der Waals surface area (Å²) >= 11 is 1.15. The van der Waals surface area contributed by atoms with Crippen LogP contribution in [0.5, 0.6) is 5.75 Å². The predicted octanol–water partition coefficient (Wildman–Crippen LogP) is 1.47. The number of ether oxygens (including phenoxy) is 2. The van der Waals surface area contributed by atoms with E-state index in [1.165, 1.54) is 13.2 Å². The zero-order chi connectivity index (χ0) is 21.3. The zero-order valence-electron chi connectivity index (χ0n) is 16.6. The van der Waals surface area contributed by atoms with Gasteiger partial charge in [0, 0.05) is 38.2 Å². The fourth-order valence-electron chi connectivity index (χ4n) is 3.22. The van der Waals surface area contributed by atoms with Crippen molar-refractivity contribution >= 4 is 28.1 Å². The van der Waals surface area contributed by atoms with Crippen molar-refractivity contribution in [1.29, 1.82) is 0 Å². The molecule has 1 saturated heterocycles. The standard InChI is InChI=1S/C18H20N6O5S/c1-10-4-6-19-24(10)18-22-21-17(30-18)20-15(25)13-8-12(14(28-3)16(26)29-13)23-7-5-11(9-23)27-2/h4,6,8,11H,5,7,9H2,1-3H3,(H,20,21,25)/t11-/m1/s1. The third-order valence-corrected chi connectivity index (χ3v) is 5.60. The molecule has 11 nitrogen and oxygen atoms in total. The maximum absolute atomic E-state index is 12.7. The summed E-state index contributed by atoms with van der Waals surface area (Å²) in [5, 5.41) is 15.5. The number of nitrogens with zero attached hydrogens (tertiary/aromatic N) is 5. The Labute approximate surface area is 175 Å². The van der Waals surface area contributed by atoms with Crippen LogP contribution >= 0.6 is 11.3 Å². The number of amides is 1. The molecular weight excluding hydrogens is 412 g/mol. The Morgan fingerprint density at radius 1 is 1.37 bits per heavy atom. The van der Waals surface area contributed by atoms with Gasteiger partial charge in [0.25, 0.3) is 5.91 Å². The maximum atomic E-state index is 12.7. The van der Waals surface area contributed by atoms with Gasteiger partial charge in [0.1, 0.15) is 0 Å². The molecule has 0 saturated carbocycles. The minimum atomic E-state index is -0.730. The molecule has 1 fully saturated rings.